The molecule has 0 bridgehead atoms. The minimum absolute atomic E-state index is 0.204. The van der Waals surface area contributed by atoms with Crippen molar-refractivity contribution >= 4 is 40.9 Å². The van der Waals surface area contributed by atoms with E-state index >= 15 is 0 Å². The van der Waals surface area contributed by atoms with Crippen LogP contribution in [0.4, 0.5) is 4.39 Å². The van der Waals surface area contributed by atoms with Gasteiger partial charge < -0.3 is 4.57 Å². The van der Waals surface area contributed by atoms with Crippen LogP contribution in [-0.4, -0.2) is 10.4 Å². The maximum atomic E-state index is 13.0. The van der Waals surface area contributed by atoms with Crippen molar-refractivity contribution in [2.75, 3.05) is 0 Å². The topological polar surface area (TPSA) is 39.1 Å². The quantitative estimate of drug-likeness (QED) is 0.662. The fourth-order valence-electron chi connectivity index (χ4n) is 2.23. The van der Waals surface area contributed by atoms with Gasteiger partial charge in [-0.05, 0) is 48.0 Å². The average Bonchev–Trinajstić information content (AvgIpc) is 2.85. The van der Waals surface area contributed by atoms with E-state index in [2.05, 4.69) is 0 Å². The van der Waals surface area contributed by atoms with E-state index in [1.54, 1.807) is 49.5 Å². The highest BCUT2D eigenvalue weighted by atomic mass is 35.5. The third kappa shape index (κ3) is 3.95. The standard InChI is InChI=1S/C19H13ClFNO2S/c1-22-18(11-16(23)13-4-6-14(20)7-5-13)25-17(19(22)24)10-12-2-8-15(21)9-3-12/h2-11H,1H3. The molecule has 1 heterocycles. The van der Waals surface area contributed by atoms with Gasteiger partial charge in [-0.25, -0.2) is 4.39 Å². The van der Waals surface area contributed by atoms with Crippen LogP contribution in [0.1, 0.15) is 15.9 Å². The van der Waals surface area contributed by atoms with Crippen molar-refractivity contribution in [1.29, 1.82) is 0 Å². The lowest BCUT2D eigenvalue weighted by Crippen LogP contribution is -2.29. The summed E-state index contributed by atoms with van der Waals surface area (Å²) >= 11 is 7.03. The molecule has 3 aromatic rings. The summed E-state index contributed by atoms with van der Waals surface area (Å²) in [5, 5.41) is 0.552. The van der Waals surface area contributed by atoms with Crippen LogP contribution < -0.4 is 14.8 Å². The van der Waals surface area contributed by atoms with E-state index in [9.17, 15) is 14.0 Å². The molecule has 0 fully saturated rings. The van der Waals surface area contributed by atoms with Crippen LogP contribution in [0.25, 0.3) is 12.2 Å². The zero-order chi connectivity index (χ0) is 18.0. The lowest BCUT2D eigenvalue weighted by molar-refractivity contribution is 0.106. The largest absolute Gasteiger partial charge is 0.302 e. The Morgan fingerprint density at radius 3 is 2.40 bits per heavy atom. The normalized spacial score (nSPS) is 12.6. The summed E-state index contributed by atoms with van der Waals surface area (Å²) in [6, 6.07) is 12.4. The number of ketones is 1. The van der Waals surface area contributed by atoms with Crippen LogP contribution in [0.5, 0.6) is 0 Å². The second kappa shape index (κ2) is 7.17. The number of halogens is 2. The number of benzene rings is 2. The summed E-state index contributed by atoms with van der Waals surface area (Å²) in [5.74, 6) is -0.541. The minimum atomic E-state index is -0.334. The highest BCUT2D eigenvalue weighted by molar-refractivity contribution is 7.07. The van der Waals surface area contributed by atoms with Crippen molar-refractivity contribution in [3.63, 3.8) is 0 Å². The summed E-state index contributed by atoms with van der Waals surface area (Å²) in [7, 11) is 1.61. The Labute approximate surface area is 151 Å². The number of rotatable bonds is 3. The number of aromatic nitrogens is 1. The molecule has 126 valence electrons. The molecule has 0 saturated carbocycles. The van der Waals surface area contributed by atoms with Crippen molar-refractivity contribution in [3.05, 3.63) is 90.0 Å². The molecule has 0 radical (unpaired) electrons. The Morgan fingerprint density at radius 1 is 1.12 bits per heavy atom. The third-order valence-electron chi connectivity index (χ3n) is 3.61. The Hall–Kier alpha value is -2.50. The van der Waals surface area contributed by atoms with Crippen LogP contribution in [0, 0.1) is 5.82 Å². The third-order valence-corrected chi connectivity index (χ3v) is 4.98. The number of Topliss-reactive ketones (excluding diaryl/α,β-unsaturated/α-hetero) is 1. The molecule has 0 spiro atoms. The first-order valence-electron chi connectivity index (χ1n) is 7.39. The van der Waals surface area contributed by atoms with Crippen LogP contribution in [0.3, 0.4) is 0 Å². The molecule has 0 aliphatic heterocycles. The Balaban J connectivity index is 2.04. The highest BCUT2D eigenvalue weighted by Crippen LogP contribution is 2.10. The highest BCUT2D eigenvalue weighted by Gasteiger charge is 2.05. The van der Waals surface area contributed by atoms with E-state index in [1.165, 1.54) is 34.1 Å². The number of hydrogen-bond donors (Lipinski definition) is 0. The van der Waals surface area contributed by atoms with Crippen molar-refractivity contribution in [2.24, 2.45) is 7.05 Å². The molecule has 0 aliphatic carbocycles. The van der Waals surface area contributed by atoms with Gasteiger partial charge in [-0.1, -0.05) is 23.7 Å². The van der Waals surface area contributed by atoms with Gasteiger partial charge in [-0.2, -0.15) is 0 Å². The Kier molecular flexibility index (Phi) is 4.97. The van der Waals surface area contributed by atoms with Gasteiger partial charge >= 0.3 is 0 Å². The van der Waals surface area contributed by atoms with Crippen LogP contribution in [-0.2, 0) is 7.05 Å². The molecule has 0 atom stereocenters. The fourth-order valence-corrected chi connectivity index (χ4v) is 3.38. The van der Waals surface area contributed by atoms with Gasteiger partial charge in [0, 0.05) is 23.7 Å². The monoisotopic (exact) mass is 373 g/mol. The summed E-state index contributed by atoms with van der Waals surface area (Å²) in [5.41, 5.74) is 1.01. The molecule has 3 rings (SSSR count). The van der Waals surface area contributed by atoms with Gasteiger partial charge in [0.2, 0.25) is 0 Å². The molecule has 0 unspecified atom stereocenters. The van der Waals surface area contributed by atoms with Crippen molar-refractivity contribution in [3.8, 4) is 0 Å². The molecule has 1 aromatic heterocycles. The molecule has 25 heavy (non-hydrogen) atoms. The van der Waals surface area contributed by atoms with Gasteiger partial charge in [-0.15, -0.1) is 11.3 Å². The number of carbonyl (C=O) groups excluding carboxylic acids is 1. The van der Waals surface area contributed by atoms with Gasteiger partial charge in [-0.3, -0.25) is 9.59 Å². The number of nitrogens with zero attached hydrogens (tertiary/aromatic N) is 1. The first kappa shape index (κ1) is 17.3. The second-order valence-corrected chi connectivity index (χ2v) is 6.88. The van der Waals surface area contributed by atoms with E-state index in [0.717, 1.165) is 5.56 Å². The zero-order valence-corrected chi connectivity index (χ0v) is 14.8. The van der Waals surface area contributed by atoms with E-state index < -0.39 is 0 Å². The predicted octanol–water partition coefficient (Wildman–Crippen LogP) is 2.73. The lowest BCUT2D eigenvalue weighted by Gasteiger charge is -1.95. The lowest BCUT2D eigenvalue weighted by atomic mass is 10.1. The van der Waals surface area contributed by atoms with Crippen LogP contribution >= 0.6 is 22.9 Å². The van der Waals surface area contributed by atoms with Crippen LogP contribution in [0.2, 0.25) is 5.02 Å². The average molecular weight is 374 g/mol. The second-order valence-electron chi connectivity index (χ2n) is 5.38. The van der Waals surface area contributed by atoms with Gasteiger partial charge in [0.05, 0.1) is 4.53 Å². The van der Waals surface area contributed by atoms with Crippen LogP contribution in [0.15, 0.2) is 53.3 Å². The zero-order valence-electron chi connectivity index (χ0n) is 13.2. The Morgan fingerprint density at radius 2 is 1.76 bits per heavy atom. The molecular formula is C19H13ClFNO2S. The van der Waals surface area contributed by atoms with E-state index in [1.807, 2.05) is 0 Å². The maximum absolute atomic E-state index is 13.0. The number of thiazole rings is 1. The molecule has 3 nitrogen and oxygen atoms in total. The first-order chi connectivity index (χ1) is 11.9. The van der Waals surface area contributed by atoms with Gasteiger partial charge in [0.15, 0.2) is 5.78 Å². The van der Waals surface area contributed by atoms with Gasteiger partial charge in [0.1, 0.15) is 10.5 Å². The van der Waals surface area contributed by atoms with E-state index in [-0.39, 0.29) is 17.2 Å². The first-order valence-corrected chi connectivity index (χ1v) is 8.58. The van der Waals surface area contributed by atoms with Crippen molar-refractivity contribution in [2.45, 2.75) is 0 Å². The minimum Gasteiger partial charge on any atom is -0.302 e. The summed E-state index contributed by atoms with van der Waals surface area (Å²) in [6.07, 6.45) is 3.11. The van der Waals surface area contributed by atoms with Gasteiger partial charge in [0.25, 0.3) is 5.56 Å². The number of carbonyl (C=O) groups is 1. The molecule has 0 aliphatic rings. The molecule has 0 amide bonds. The van der Waals surface area contributed by atoms with E-state index in [4.69, 9.17) is 11.6 Å². The molecule has 0 N–H and O–H groups in total. The number of hydrogen-bond acceptors (Lipinski definition) is 3. The molecule has 2 aromatic carbocycles. The Bertz CT molecular complexity index is 1100. The summed E-state index contributed by atoms with van der Waals surface area (Å²) in [4.78, 5) is 24.7. The fraction of sp³-hybridized carbons (Fsp3) is 0.0526. The van der Waals surface area contributed by atoms with E-state index in [0.29, 0.717) is 19.8 Å². The van der Waals surface area contributed by atoms with Crippen molar-refractivity contribution in [1.82, 2.24) is 4.57 Å². The summed E-state index contributed by atoms with van der Waals surface area (Å²) in [6.45, 7) is 0. The van der Waals surface area contributed by atoms with Crippen molar-refractivity contribution < 1.29 is 9.18 Å². The predicted molar refractivity (Wildman–Crippen MR) is 99.0 cm³/mol. The SMILES string of the molecule is Cn1c(=CC(=O)c2ccc(Cl)cc2)sc(=Cc2ccc(F)cc2)c1=O. The molecule has 6 heteroatoms. The smallest absolute Gasteiger partial charge is 0.268 e. The maximum Gasteiger partial charge on any atom is 0.268 e. The summed E-state index contributed by atoms with van der Waals surface area (Å²) < 4.78 is 15.4. The molecule has 0 saturated heterocycles. The molecular weight excluding hydrogens is 361 g/mol.